The lowest BCUT2D eigenvalue weighted by molar-refractivity contribution is 0.128. The number of hydrogen-bond acceptors (Lipinski definition) is 2. The lowest BCUT2D eigenvalue weighted by Gasteiger charge is -2.26. The van der Waals surface area contributed by atoms with Gasteiger partial charge in [0.15, 0.2) is 0 Å². The molecule has 68 valence electrons. The number of nitrogens with one attached hydrogen (secondary N) is 1. The van der Waals surface area contributed by atoms with Crippen molar-refractivity contribution in [2.24, 2.45) is 5.41 Å². The van der Waals surface area contributed by atoms with Crippen molar-refractivity contribution in [1.82, 2.24) is 10.2 Å². The molecule has 1 heterocycles. The second-order valence-electron chi connectivity index (χ2n) is 3.90. The van der Waals surface area contributed by atoms with Crippen LogP contribution in [0.4, 0.5) is 4.79 Å². The number of amides is 1. The van der Waals surface area contributed by atoms with E-state index in [2.05, 4.69) is 5.32 Å². The molecule has 1 atom stereocenters. The van der Waals surface area contributed by atoms with Gasteiger partial charge in [-0.2, -0.15) is 0 Å². The highest BCUT2D eigenvalue weighted by Crippen LogP contribution is 2.51. The predicted molar refractivity (Wildman–Crippen MR) is 44.1 cm³/mol. The Morgan fingerprint density at radius 1 is 1.67 bits per heavy atom. The molecular formula is C8H14N2O2. The molecule has 0 aromatic heterocycles. The average molecular weight is 170 g/mol. The van der Waals surface area contributed by atoms with Gasteiger partial charge in [-0.3, -0.25) is 0 Å². The Hall–Kier alpha value is -0.770. The maximum atomic E-state index is 10.7. The van der Waals surface area contributed by atoms with Gasteiger partial charge in [0.2, 0.25) is 0 Å². The molecule has 1 aliphatic heterocycles. The fourth-order valence-corrected chi connectivity index (χ4v) is 2.14. The zero-order chi connectivity index (χ0) is 8.77. The summed E-state index contributed by atoms with van der Waals surface area (Å²) in [7, 11) is 1.67. The van der Waals surface area contributed by atoms with Crippen LogP contribution in [-0.4, -0.2) is 42.3 Å². The monoisotopic (exact) mass is 170 g/mol. The van der Waals surface area contributed by atoms with Crippen LogP contribution in [0.1, 0.15) is 12.8 Å². The molecule has 4 nitrogen and oxygen atoms in total. The summed E-state index contributed by atoms with van der Waals surface area (Å²) in [6.07, 6.45) is 1.56. The molecule has 12 heavy (non-hydrogen) atoms. The number of carboxylic acid groups (broad SMARTS) is 1. The highest BCUT2D eigenvalue weighted by Gasteiger charge is 2.54. The summed E-state index contributed by atoms with van der Waals surface area (Å²) >= 11 is 0. The molecule has 2 aliphatic rings. The van der Waals surface area contributed by atoms with E-state index >= 15 is 0 Å². The summed E-state index contributed by atoms with van der Waals surface area (Å²) < 4.78 is 0. The highest BCUT2D eigenvalue weighted by molar-refractivity contribution is 5.65. The third kappa shape index (κ3) is 0.982. The van der Waals surface area contributed by atoms with E-state index < -0.39 is 6.09 Å². The topological polar surface area (TPSA) is 52.6 Å². The van der Waals surface area contributed by atoms with Crippen LogP contribution in [0.5, 0.6) is 0 Å². The first-order valence-electron chi connectivity index (χ1n) is 4.32. The second-order valence-corrected chi connectivity index (χ2v) is 3.90. The Balaban J connectivity index is 2.08. The van der Waals surface area contributed by atoms with Gasteiger partial charge in [0, 0.05) is 25.6 Å². The Morgan fingerprint density at radius 3 is 2.83 bits per heavy atom. The molecule has 2 N–H and O–H groups in total. The number of rotatable bonds is 1. The molecule has 1 aliphatic carbocycles. The van der Waals surface area contributed by atoms with Crippen molar-refractivity contribution in [2.45, 2.75) is 18.9 Å². The van der Waals surface area contributed by atoms with E-state index in [9.17, 15) is 4.79 Å². The molecule has 1 saturated heterocycles. The van der Waals surface area contributed by atoms with E-state index in [4.69, 9.17) is 5.11 Å². The zero-order valence-corrected chi connectivity index (χ0v) is 7.21. The summed E-state index contributed by atoms with van der Waals surface area (Å²) in [5.41, 5.74) is 0.299. The SMILES string of the molecule is CN(C(=O)O)C1CNCC12CC2. The van der Waals surface area contributed by atoms with Gasteiger partial charge in [-0.25, -0.2) is 4.79 Å². The fourth-order valence-electron chi connectivity index (χ4n) is 2.14. The third-order valence-corrected chi connectivity index (χ3v) is 3.18. The van der Waals surface area contributed by atoms with E-state index in [0.29, 0.717) is 5.41 Å². The van der Waals surface area contributed by atoms with Crippen LogP contribution in [0.25, 0.3) is 0 Å². The molecular weight excluding hydrogens is 156 g/mol. The standard InChI is InChI=1S/C8H14N2O2/c1-10(7(11)12)6-4-9-5-8(6)2-3-8/h6,9H,2-5H2,1H3,(H,11,12). The van der Waals surface area contributed by atoms with Crippen molar-refractivity contribution in [3.8, 4) is 0 Å². The van der Waals surface area contributed by atoms with E-state index in [0.717, 1.165) is 13.1 Å². The van der Waals surface area contributed by atoms with Crippen LogP contribution in [0.2, 0.25) is 0 Å². The minimum absolute atomic E-state index is 0.204. The van der Waals surface area contributed by atoms with Gasteiger partial charge in [0.25, 0.3) is 0 Å². The van der Waals surface area contributed by atoms with Gasteiger partial charge >= 0.3 is 6.09 Å². The number of nitrogens with zero attached hydrogens (tertiary/aromatic N) is 1. The summed E-state index contributed by atoms with van der Waals surface area (Å²) in [4.78, 5) is 12.2. The van der Waals surface area contributed by atoms with E-state index in [1.807, 2.05) is 0 Å². The Morgan fingerprint density at radius 2 is 2.33 bits per heavy atom. The molecule has 0 aromatic rings. The van der Waals surface area contributed by atoms with Crippen molar-refractivity contribution in [2.75, 3.05) is 20.1 Å². The van der Waals surface area contributed by atoms with Crippen LogP contribution in [-0.2, 0) is 0 Å². The smallest absolute Gasteiger partial charge is 0.407 e. The van der Waals surface area contributed by atoms with Crippen LogP contribution in [0, 0.1) is 5.41 Å². The molecule has 2 rings (SSSR count). The fraction of sp³-hybridized carbons (Fsp3) is 0.875. The van der Waals surface area contributed by atoms with E-state index in [1.165, 1.54) is 17.7 Å². The first-order chi connectivity index (χ1) is 5.66. The minimum atomic E-state index is -0.810. The molecule has 1 amide bonds. The van der Waals surface area contributed by atoms with Crippen LogP contribution in [0.3, 0.4) is 0 Å². The van der Waals surface area contributed by atoms with Crippen molar-refractivity contribution in [3.63, 3.8) is 0 Å². The normalized spacial score (nSPS) is 30.6. The summed E-state index contributed by atoms with van der Waals surface area (Å²) in [5.74, 6) is 0. The molecule has 0 radical (unpaired) electrons. The third-order valence-electron chi connectivity index (χ3n) is 3.18. The van der Waals surface area contributed by atoms with Gasteiger partial charge in [-0.05, 0) is 12.8 Å². The average Bonchev–Trinajstić information content (AvgIpc) is 2.62. The molecule has 4 heteroatoms. The van der Waals surface area contributed by atoms with E-state index in [1.54, 1.807) is 7.05 Å². The molecule has 0 bridgehead atoms. The molecule has 1 saturated carbocycles. The van der Waals surface area contributed by atoms with Crippen LogP contribution < -0.4 is 5.32 Å². The Labute approximate surface area is 71.5 Å². The predicted octanol–water partition coefficient (Wildman–Crippen LogP) is 0.348. The number of carbonyl (C=O) groups is 1. The van der Waals surface area contributed by atoms with Crippen molar-refractivity contribution in [1.29, 1.82) is 0 Å². The Bertz CT molecular complexity index is 213. The van der Waals surface area contributed by atoms with E-state index in [-0.39, 0.29) is 6.04 Å². The van der Waals surface area contributed by atoms with Gasteiger partial charge in [-0.1, -0.05) is 0 Å². The lowest BCUT2D eigenvalue weighted by atomic mass is 10.00. The molecule has 1 unspecified atom stereocenters. The summed E-state index contributed by atoms with van der Waals surface area (Å²) in [6, 6.07) is 0.204. The first-order valence-corrected chi connectivity index (χ1v) is 4.32. The van der Waals surface area contributed by atoms with Gasteiger partial charge < -0.3 is 15.3 Å². The van der Waals surface area contributed by atoms with Crippen molar-refractivity contribution >= 4 is 6.09 Å². The number of likely N-dealkylation sites (N-methyl/N-ethyl adjacent to an activating group) is 1. The first kappa shape index (κ1) is 7.86. The quantitative estimate of drug-likeness (QED) is 0.597. The van der Waals surface area contributed by atoms with Gasteiger partial charge in [-0.15, -0.1) is 0 Å². The molecule has 0 aromatic carbocycles. The van der Waals surface area contributed by atoms with Gasteiger partial charge in [0.05, 0.1) is 6.04 Å². The van der Waals surface area contributed by atoms with Crippen molar-refractivity contribution < 1.29 is 9.90 Å². The van der Waals surface area contributed by atoms with Gasteiger partial charge in [0.1, 0.15) is 0 Å². The largest absolute Gasteiger partial charge is 0.465 e. The Kier molecular flexibility index (Phi) is 1.54. The van der Waals surface area contributed by atoms with Crippen LogP contribution in [0.15, 0.2) is 0 Å². The summed E-state index contributed by atoms with van der Waals surface area (Å²) in [6.45, 7) is 1.82. The molecule has 1 spiro atoms. The second kappa shape index (κ2) is 2.36. The zero-order valence-electron chi connectivity index (χ0n) is 7.21. The highest BCUT2D eigenvalue weighted by atomic mass is 16.4. The van der Waals surface area contributed by atoms with Crippen LogP contribution >= 0.6 is 0 Å². The maximum absolute atomic E-state index is 10.7. The lowest BCUT2D eigenvalue weighted by Crippen LogP contribution is -2.42. The van der Waals surface area contributed by atoms with Crippen molar-refractivity contribution in [3.05, 3.63) is 0 Å². The summed E-state index contributed by atoms with van der Waals surface area (Å²) in [5, 5.41) is 12.1. The molecule has 2 fully saturated rings. The number of hydrogen-bond donors (Lipinski definition) is 2. The minimum Gasteiger partial charge on any atom is -0.465 e. The maximum Gasteiger partial charge on any atom is 0.407 e.